The van der Waals surface area contributed by atoms with Crippen LogP contribution in [0.3, 0.4) is 0 Å². The van der Waals surface area contributed by atoms with Crippen LogP contribution in [0.15, 0.2) is 245 Å². The number of hydrogen-bond donors (Lipinski definition) is 1. The highest BCUT2D eigenvalue weighted by Gasteiger charge is 2.27. The van der Waals surface area contributed by atoms with E-state index in [4.69, 9.17) is 14.4 Å². The molecule has 0 radical (unpaired) electrons. The summed E-state index contributed by atoms with van der Waals surface area (Å²) in [5.41, 5.74) is 12.5. The molecule has 0 fully saturated rings. The van der Waals surface area contributed by atoms with Crippen molar-refractivity contribution in [3.8, 4) is 27.9 Å². The fraction of sp³-hybridized carbons (Fsp3) is 0.0159. The minimum Gasteiger partial charge on any atom is -0.456 e. The molecule has 14 rings (SSSR count). The molecular formula is C63H40N4O. The van der Waals surface area contributed by atoms with Crippen LogP contribution in [0.1, 0.15) is 22.9 Å². The summed E-state index contributed by atoms with van der Waals surface area (Å²) in [6, 6.07) is 82.5. The van der Waals surface area contributed by atoms with Crippen molar-refractivity contribution in [3.05, 3.63) is 247 Å². The van der Waals surface area contributed by atoms with Gasteiger partial charge in [-0.05, 0) is 109 Å². The monoisotopic (exact) mass is 868 g/mol. The van der Waals surface area contributed by atoms with Crippen molar-refractivity contribution in [2.45, 2.75) is 6.17 Å². The SMILES string of the molecule is c1ccc(-c2cccc3c2c2cc4ccccc4cc2n3-c2ccc(C3N=C(c4ccc5ccccc5c4)N=C(c4ccc5ccccc5c4)N3)c(-c3cccc4oc5ccccc5c34)c2)cc1. The van der Waals surface area contributed by atoms with Crippen LogP contribution in [0, 0.1) is 0 Å². The largest absolute Gasteiger partial charge is 0.456 e. The molecule has 11 aromatic carbocycles. The summed E-state index contributed by atoms with van der Waals surface area (Å²) in [7, 11) is 0. The second kappa shape index (κ2) is 15.3. The molecule has 1 atom stereocenters. The maximum absolute atomic E-state index is 6.57. The van der Waals surface area contributed by atoms with E-state index < -0.39 is 6.17 Å². The molecule has 0 aliphatic carbocycles. The van der Waals surface area contributed by atoms with Crippen LogP contribution in [0.4, 0.5) is 0 Å². The number of benzene rings is 11. The van der Waals surface area contributed by atoms with E-state index in [1.54, 1.807) is 0 Å². The second-order valence-corrected chi connectivity index (χ2v) is 17.7. The quantitative estimate of drug-likeness (QED) is 0.181. The summed E-state index contributed by atoms with van der Waals surface area (Å²) >= 11 is 0. The molecule has 5 nitrogen and oxygen atoms in total. The van der Waals surface area contributed by atoms with E-state index in [-0.39, 0.29) is 0 Å². The summed E-state index contributed by atoms with van der Waals surface area (Å²) in [4.78, 5) is 10.9. The number of para-hydroxylation sites is 1. The van der Waals surface area contributed by atoms with Gasteiger partial charge in [0.15, 0.2) is 5.84 Å². The Balaban J connectivity index is 1.04. The second-order valence-electron chi connectivity index (χ2n) is 17.7. The molecule has 0 spiro atoms. The van der Waals surface area contributed by atoms with Crippen molar-refractivity contribution in [1.29, 1.82) is 0 Å². The van der Waals surface area contributed by atoms with Crippen LogP contribution in [-0.4, -0.2) is 16.2 Å². The first-order valence-electron chi connectivity index (χ1n) is 23.2. The fourth-order valence-corrected chi connectivity index (χ4v) is 10.6. The lowest BCUT2D eigenvalue weighted by atomic mass is 9.93. The molecule has 1 aliphatic rings. The van der Waals surface area contributed by atoms with Gasteiger partial charge in [0.05, 0.1) is 11.0 Å². The minimum atomic E-state index is -0.500. The van der Waals surface area contributed by atoms with Crippen LogP contribution in [0.25, 0.3) is 104 Å². The lowest BCUT2D eigenvalue weighted by molar-refractivity contribution is 0.668. The number of aliphatic imine (C=N–C) groups is 2. The number of fused-ring (bicyclic) bond motifs is 9. The first-order valence-corrected chi connectivity index (χ1v) is 23.2. The first-order chi connectivity index (χ1) is 33.7. The number of hydrogen-bond acceptors (Lipinski definition) is 4. The van der Waals surface area contributed by atoms with E-state index in [1.807, 2.05) is 6.07 Å². The zero-order valence-corrected chi connectivity index (χ0v) is 36.8. The average molecular weight is 869 g/mol. The third-order valence-electron chi connectivity index (χ3n) is 13.8. The van der Waals surface area contributed by atoms with E-state index in [0.717, 1.165) is 83.1 Å². The lowest BCUT2D eigenvalue weighted by Crippen LogP contribution is -2.33. The number of nitrogens with zero attached hydrogens (tertiary/aromatic N) is 3. The average Bonchev–Trinajstić information content (AvgIpc) is 3.95. The number of rotatable bonds is 6. The Labute approximate surface area is 391 Å². The van der Waals surface area contributed by atoms with Crippen LogP contribution in [-0.2, 0) is 0 Å². The van der Waals surface area contributed by atoms with Crippen LogP contribution in [0.5, 0.6) is 0 Å². The molecule has 68 heavy (non-hydrogen) atoms. The summed E-state index contributed by atoms with van der Waals surface area (Å²) < 4.78 is 9.02. The van der Waals surface area contributed by atoms with E-state index in [0.29, 0.717) is 5.84 Å². The van der Waals surface area contributed by atoms with Crippen molar-refractivity contribution in [2.75, 3.05) is 0 Å². The van der Waals surface area contributed by atoms with Gasteiger partial charge in [0.1, 0.15) is 23.2 Å². The summed E-state index contributed by atoms with van der Waals surface area (Å²) in [6.07, 6.45) is -0.500. The molecule has 1 aliphatic heterocycles. The molecular weight excluding hydrogens is 829 g/mol. The van der Waals surface area contributed by atoms with Crippen LogP contribution < -0.4 is 5.32 Å². The predicted molar refractivity (Wildman–Crippen MR) is 283 cm³/mol. The predicted octanol–water partition coefficient (Wildman–Crippen LogP) is 16.0. The number of amidine groups is 2. The van der Waals surface area contributed by atoms with Crippen molar-refractivity contribution >= 4 is 87.7 Å². The topological polar surface area (TPSA) is 54.8 Å². The molecule has 318 valence electrons. The highest BCUT2D eigenvalue weighted by molar-refractivity contribution is 6.19. The van der Waals surface area contributed by atoms with Gasteiger partial charge < -0.3 is 14.3 Å². The Morgan fingerprint density at radius 3 is 1.82 bits per heavy atom. The highest BCUT2D eigenvalue weighted by Crippen LogP contribution is 2.44. The summed E-state index contributed by atoms with van der Waals surface area (Å²) in [5.74, 6) is 1.44. The Morgan fingerprint density at radius 1 is 0.397 bits per heavy atom. The molecule has 0 saturated carbocycles. The molecule has 5 heteroatoms. The Morgan fingerprint density at radius 2 is 1.03 bits per heavy atom. The van der Waals surface area contributed by atoms with Gasteiger partial charge in [0, 0.05) is 43.9 Å². The first kappa shape index (κ1) is 38.2. The van der Waals surface area contributed by atoms with Crippen LogP contribution in [0.2, 0.25) is 0 Å². The van der Waals surface area contributed by atoms with Crippen molar-refractivity contribution in [1.82, 2.24) is 9.88 Å². The molecule has 1 unspecified atom stereocenters. The van der Waals surface area contributed by atoms with Gasteiger partial charge in [-0.15, -0.1) is 0 Å². The molecule has 3 heterocycles. The Bertz CT molecular complexity index is 4250. The van der Waals surface area contributed by atoms with Gasteiger partial charge in [-0.1, -0.05) is 176 Å². The Kier molecular flexibility index (Phi) is 8.58. The van der Waals surface area contributed by atoms with Crippen molar-refractivity contribution < 1.29 is 4.42 Å². The zero-order valence-electron chi connectivity index (χ0n) is 36.8. The molecule has 13 aromatic rings. The van der Waals surface area contributed by atoms with E-state index in [1.165, 1.54) is 43.4 Å². The third kappa shape index (κ3) is 6.17. The van der Waals surface area contributed by atoms with Gasteiger partial charge in [-0.3, -0.25) is 0 Å². The molecule has 0 amide bonds. The van der Waals surface area contributed by atoms with E-state index >= 15 is 0 Å². The number of aromatic nitrogens is 1. The molecule has 2 aromatic heterocycles. The van der Waals surface area contributed by atoms with E-state index in [9.17, 15) is 0 Å². The van der Waals surface area contributed by atoms with Crippen LogP contribution >= 0.6 is 0 Å². The third-order valence-corrected chi connectivity index (χ3v) is 13.8. The van der Waals surface area contributed by atoms with Gasteiger partial charge in [0.25, 0.3) is 0 Å². The smallest absolute Gasteiger partial charge is 0.159 e. The zero-order chi connectivity index (χ0) is 44.7. The highest BCUT2D eigenvalue weighted by atomic mass is 16.3. The lowest BCUT2D eigenvalue weighted by Gasteiger charge is -2.26. The van der Waals surface area contributed by atoms with Gasteiger partial charge in [-0.25, -0.2) is 9.98 Å². The Hall–Kier alpha value is -9.06. The van der Waals surface area contributed by atoms with Gasteiger partial charge >= 0.3 is 0 Å². The van der Waals surface area contributed by atoms with Crippen molar-refractivity contribution in [3.63, 3.8) is 0 Å². The minimum absolute atomic E-state index is 0.500. The van der Waals surface area contributed by atoms with E-state index in [2.05, 4.69) is 234 Å². The number of furan rings is 1. The van der Waals surface area contributed by atoms with Gasteiger partial charge in [0.2, 0.25) is 0 Å². The van der Waals surface area contributed by atoms with Crippen molar-refractivity contribution in [2.24, 2.45) is 9.98 Å². The fourth-order valence-electron chi connectivity index (χ4n) is 10.6. The maximum atomic E-state index is 6.57. The molecule has 0 bridgehead atoms. The number of nitrogens with one attached hydrogen (secondary N) is 1. The van der Waals surface area contributed by atoms with Gasteiger partial charge in [-0.2, -0.15) is 0 Å². The molecule has 1 N–H and O–H groups in total. The normalized spacial score (nSPS) is 14.0. The summed E-state index contributed by atoms with van der Waals surface area (Å²) in [6.45, 7) is 0. The molecule has 0 saturated heterocycles. The standard InChI is InChI=1S/C63H40N4O/c1-2-16-41(17-3-1)49-23-12-25-55-59(49)54-36-44-20-8-9-21-45(44)37-56(54)67(55)48-32-33-51(53(38-48)50-24-13-27-58-60(50)52-22-10-11-26-57(52)68-58)63-65-61(46-30-28-39-14-4-6-18-42(39)34-46)64-62(66-63)47-31-29-40-15-5-7-19-43(40)35-47/h1-38,63H,(H,64,65,66). The summed E-state index contributed by atoms with van der Waals surface area (Å²) in [5, 5.41) is 15.5. The maximum Gasteiger partial charge on any atom is 0.159 e.